The molecule has 286 valence electrons. The first kappa shape index (κ1) is 39.7. The molecule has 0 unspecified atom stereocenters. The fourth-order valence-electron chi connectivity index (χ4n) is 5.17. The van der Waals surface area contributed by atoms with E-state index in [0.29, 0.717) is 28.7 Å². The van der Waals surface area contributed by atoms with Crippen LogP contribution in [-0.4, -0.2) is 31.4 Å². The van der Waals surface area contributed by atoms with Gasteiger partial charge in [-0.2, -0.15) is 23.4 Å². The lowest BCUT2D eigenvalue weighted by Crippen LogP contribution is -2.18. The number of para-hydroxylation sites is 5. The van der Waals surface area contributed by atoms with E-state index in [-0.39, 0.29) is 16.7 Å². The van der Waals surface area contributed by atoms with Crippen LogP contribution in [0.1, 0.15) is 64.9 Å². The van der Waals surface area contributed by atoms with Crippen LogP contribution in [0.15, 0.2) is 116 Å². The van der Waals surface area contributed by atoms with E-state index in [1.165, 1.54) is 30.5 Å². The minimum Gasteiger partial charge on any atom is -0.455 e. The van der Waals surface area contributed by atoms with E-state index in [1.807, 2.05) is 30.3 Å². The van der Waals surface area contributed by atoms with Gasteiger partial charge in [0.05, 0.1) is 22.5 Å². The second kappa shape index (κ2) is 16.7. The first-order valence-electron chi connectivity index (χ1n) is 16.7. The molecule has 15 heteroatoms. The highest BCUT2D eigenvalue weighted by Crippen LogP contribution is 2.34. The zero-order valence-corrected chi connectivity index (χ0v) is 30.4. The third-order valence-electron chi connectivity index (χ3n) is 7.84. The third-order valence-corrected chi connectivity index (χ3v) is 7.84. The number of nitrogens with one attached hydrogen (secondary N) is 2. The molecule has 2 N–H and O–H groups in total. The number of benzene rings is 4. The summed E-state index contributed by atoms with van der Waals surface area (Å²) in [6.07, 6.45) is -5.28. The highest BCUT2D eigenvalue weighted by molar-refractivity contribution is 6.06. The van der Waals surface area contributed by atoms with Gasteiger partial charge in [0.1, 0.15) is 17.2 Å². The van der Waals surface area contributed by atoms with Gasteiger partial charge < -0.3 is 20.1 Å². The number of alkyl halides is 5. The van der Waals surface area contributed by atoms with Crippen LogP contribution in [0.5, 0.6) is 23.0 Å². The largest absolute Gasteiger partial charge is 0.455 e. The summed E-state index contributed by atoms with van der Waals surface area (Å²) in [6, 6.07) is 29.8. The van der Waals surface area contributed by atoms with E-state index in [1.54, 1.807) is 72.8 Å². The van der Waals surface area contributed by atoms with E-state index in [4.69, 9.17) is 9.47 Å². The van der Waals surface area contributed by atoms with E-state index in [9.17, 15) is 31.5 Å². The van der Waals surface area contributed by atoms with Crippen LogP contribution in [0.25, 0.3) is 0 Å². The van der Waals surface area contributed by atoms with Crippen molar-refractivity contribution >= 4 is 23.2 Å². The zero-order valence-electron chi connectivity index (χ0n) is 30.4. The van der Waals surface area contributed by atoms with Crippen molar-refractivity contribution in [3.8, 4) is 23.0 Å². The molecule has 0 aliphatic heterocycles. The number of ether oxygens (including phenoxy) is 2. The van der Waals surface area contributed by atoms with Crippen LogP contribution >= 0.6 is 0 Å². The average Bonchev–Trinajstić information content (AvgIpc) is 3.74. The van der Waals surface area contributed by atoms with Crippen molar-refractivity contribution in [3.05, 3.63) is 144 Å². The lowest BCUT2D eigenvalue weighted by molar-refractivity contribution is -0.141. The van der Waals surface area contributed by atoms with Gasteiger partial charge in [0.25, 0.3) is 18.2 Å². The maximum Gasteiger partial charge on any atom is 0.435 e. The molecule has 0 radical (unpaired) electrons. The Kier molecular flexibility index (Phi) is 12.0. The summed E-state index contributed by atoms with van der Waals surface area (Å²) in [7, 11) is 2.81. The van der Waals surface area contributed by atoms with Crippen LogP contribution in [0.4, 0.5) is 33.3 Å². The number of aromatic nitrogens is 4. The van der Waals surface area contributed by atoms with Crippen LogP contribution in [-0.2, 0) is 25.7 Å². The molecule has 4 aromatic carbocycles. The molecule has 0 aliphatic rings. The molecule has 0 atom stereocenters. The van der Waals surface area contributed by atoms with E-state index in [2.05, 4.69) is 41.6 Å². The third kappa shape index (κ3) is 10.3. The molecule has 6 rings (SSSR count). The Bertz CT molecular complexity index is 2250. The van der Waals surface area contributed by atoms with E-state index >= 15 is 0 Å². The number of anilines is 2. The molecule has 0 bridgehead atoms. The van der Waals surface area contributed by atoms with E-state index in [0.717, 1.165) is 10.9 Å². The highest BCUT2D eigenvalue weighted by Gasteiger charge is 2.39. The Balaban J connectivity index is 0.000000212. The number of carbonyl (C=O) groups excluding carboxylic acids is 2. The first-order valence-corrected chi connectivity index (χ1v) is 16.7. The minimum absolute atomic E-state index is 0.0243. The molecule has 2 amide bonds. The molecule has 6 aromatic rings. The number of nitrogens with zero attached hydrogens (tertiary/aromatic N) is 4. The molecule has 55 heavy (non-hydrogen) atoms. The fourth-order valence-corrected chi connectivity index (χ4v) is 5.17. The van der Waals surface area contributed by atoms with Gasteiger partial charge in [0.2, 0.25) is 0 Å². The maximum atomic E-state index is 13.1. The fraction of sp³-hybridized carbons (Fsp3) is 0.200. The lowest BCUT2D eigenvalue weighted by Gasteiger charge is -2.19. The quantitative estimate of drug-likeness (QED) is 0.142. The van der Waals surface area contributed by atoms with Crippen molar-refractivity contribution < 1.29 is 41.0 Å². The van der Waals surface area contributed by atoms with Crippen LogP contribution in [0.3, 0.4) is 0 Å². The van der Waals surface area contributed by atoms with Gasteiger partial charge in [-0.25, -0.2) is 8.78 Å². The van der Waals surface area contributed by atoms with Crippen LogP contribution in [0, 0.1) is 0 Å². The van der Waals surface area contributed by atoms with Gasteiger partial charge in [0.15, 0.2) is 17.2 Å². The molecule has 2 heterocycles. The molecule has 0 saturated heterocycles. The van der Waals surface area contributed by atoms with Gasteiger partial charge >= 0.3 is 6.18 Å². The number of aryl methyl sites for hydroxylation is 2. The van der Waals surface area contributed by atoms with Crippen LogP contribution < -0.4 is 20.1 Å². The SMILES string of the molecule is Cn1cc(C(=O)Nc2ccccc2Oc2ccc(C(C)(C)C)cc2)c(C(F)F)n1.Cn1cc(C(=O)Nc2ccccc2Oc2ccccc2)c(C(F)(F)F)n1. The van der Waals surface area contributed by atoms with Crippen molar-refractivity contribution in [1.29, 1.82) is 0 Å². The summed E-state index contributed by atoms with van der Waals surface area (Å²) in [5, 5.41) is 12.1. The Morgan fingerprint density at radius 1 is 0.636 bits per heavy atom. The number of hydrogen-bond acceptors (Lipinski definition) is 6. The first-order chi connectivity index (χ1) is 26.0. The second-order valence-electron chi connectivity index (χ2n) is 13.2. The Morgan fingerprint density at radius 2 is 1.09 bits per heavy atom. The van der Waals surface area contributed by atoms with Crippen LogP contribution in [0.2, 0.25) is 0 Å². The summed E-state index contributed by atoms with van der Waals surface area (Å²) >= 11 is 0. The predicted octanol–water partition coefficient (Wildman–Crippen LogP) is 10.2. The summed E-state index contributed by atoms with van der Waals surface area (Å²) in [5.74, 6) is 0.263. The number of halogens is 5. The van der Waals surface area contributed by atoms with Crippen molar-refractivity contribution in [3.63, 3.8) is 0 Å². The Labute approximate surface area is 313 Å². The lowest BCUT2D eigenvalue weighted by atomic mass is 9.87. The number of carbonyl (C=O) groups is 2. The molecule has 0 spiro atoms. The maximum absolute atomic E-state index is 13.1. The molecule has 2 aromatic heterocycles. The molecular weight excluding hydrogens is 723 g/mol. The molecule has 0 aliphatic carbocycles. The Hall–Kier alpha value is -6.51. The van der Waals surface area contributed by atoms with Crippen molar-refractivity contribution in [2.24, 2.45) is 14.1 Å². The standard InChI is InChI=1S/C22H23F2N3O2.C18H14F3N3O2/c1-22(2,3)14-9-11-15(12-10-14)29-18-8-6-5-7-17(18)25-21(28)16-13-27(4)26-19(16)20(23)24;1-24-11-13(16(23-24)18(19,20)21)17(25)22-14-9-5-6-10-15(14)26-12-7-3-2-4-8-12/h5-13,20H,1-4H3,(H,25,28);2-11H,1H3,(H,22,25). The predicted molar refractivity (Wildman–Crippen MR) is 197 cm³/mol. The van der Waals surface area contributed by atoms with Crippen molar-refractivity contribution in [2.75, 3.05) is 10.6 Å². The minimum atomic E-state index is -4.73. The van der Waals surface area contributed by atoms with Gasteiger partial charge in [-0.1, -0.05) is 75.4 Å². The highest BCUT2D eigenvalue weighted by atomic mass is 19.4. The van der Waals surface area contributed by atoms with Gasteiger partial charge in [0, 0.05) is 26.5 Å². The zero-order chi connectivity index (χ0) is 39.9. The summed E-state index contributed by atoms with van der Waals surface area (Å²) in [5.41, 5.74) is -0.708. The normalized spacial score (nSPS) is 11.4. The monoisotopic (exact) mass is 760 g/mol. The van der Waals surface area contributed by atoms with Crippen molar-refractivity contribution in [1.82, 2.24) is 19.6 Å². The molecule has 0 fully saturated rings. The number of rotatable bonds is 9. The smallest absolute Gasteiger partial charge is 0.435 e. The molecule has 10 nitrogen and oxygen atoms in total. The summed E-state index contributed by atoms with van der Waals surface area (Å²) < 4.78 is 79.2. The average molecular weight is 761 g/mol. The summed E-state index contributed by atoms with van der Waals surface area (Å²) in [6.45, 7) is 6.37. The summed E-state index contributed by atoms with van der Waals surface area (Å²) in [4.78, 5) is 24.9. The number of hydrogen-bond donors (Lipinski definition) is 2. The van der Waals surface area contributed by atoms with Gasteiger partial charge in [-0.05, 0) is 59.5 Å². The second-order valence-corrected chi connectivity index (χ2v) is 13.2. The molecular formula is C40H37F5N6O4. The Morgan fingerprint density at radius 3 is 1.60 bits per heavy atom. The van der Waals surface area contributed by atoms with Crippen molar-refractivity contribution in [2.45, 2.75) is 38.8 Å². The number of amides is 2. The van der Waals surface area contributed by atoms with Gasteiger partial charge in [-0.15, -0.1) is 0 Å². The van der Waals surface area contributed by atoms with E-state index < -0.39 is 41.4 Å². The topological polar surface area (TPSA) is 112 Å². The van der Waals surface area contributed by atoms with Gasteiger partial charge in [-0.3, -0.25) is 19.0 Å². The molecule has 0 saturated carbocycles.